The Morgan fingerprint density at radius 3 is 3.00 bits per heavy atom. The molecule has 0 bridgehead atoms. The van der Waals surface area contributed by atoms with Gasteiger partial charge in [-0.25, -0.2) is 0 Å². The molecular formula is C15H23N3O2S. The van der Waals surface area contributed by atoms with Gasteiger partial charge in [-0.3, -0.25) is 4.79 Å². The minimum Gasteiger partial charge on any atom is -0.397 e. The highest BCUT2D eigenvalue weighted by Crippen LogP contribution is 2.33. The molecule has 0 aromatic carbocycles. The van der Waals surface area contributed by atoms with Gasteiger partial charge in [0.1, 0.15) is 4.88 Å². The van der Waals surface area contributed by atoms with Gasteiger partial charge in [-0.1, -0.05) is 0 Å². The fourth-order valence-corrected chi connectivity index (χ4v) is 3.62. The quantitative estimate of drug-likeness (QED) is 0.874. The van der Waals surface area contributed by atoms with Crippen molar-refractivity contribution in [3.8, 4) is 0 Å². The molecule has 0 spiro atoms. The Balaban J connectivity index is 1.62. The molecule has 1 aliphatic carbocycles. The molecule has 1 saturated heterocycles. The number of amides is 1. The van der Waals surface area contributed by atoms with Crippen LogP contribution in [0.2, 0.25) is 0 Å². The van der Waals surface area contributed by atoms with Crippen molar-refractivity contribution >= 4 is 27.9 Å². The Kier molecular flexibility index (Phi) is 4.35. The number of nitrogen functional groups attached to an aromatic ring is 1. The van der Waals surface area contributed by atoms with Gasteiger partial charge >= 0.3 is 0 Å². The number of rotatable bonds is 5. The van der Waals surface area contributed by atoms with E-state index in [1.165, 1.54) is 17.8 Å². The van der Waals surface area contributed by atoms with Crippen molar-refractivity contribution in [1.82, 2.24) is 5.32 Å². The van der Waals surface area contributed by atoms with Crippen molar-refractivity contribution in [3.63, 3.8) is 0 Å². The van der Waals surface area contributed by atoms with Crippen LogP contribution in [0.4, 0.5) is 10.7 Å². The van der Waals surface area contributed by atoms with Crippen LogP contribution >= 0.6 is 11.3 Å². The van der Waals surface area contributed by atoms with Gasteiger partial charge in [0.2, 0.25) is 0 Å². The Hall–Kier alpha value is -1.27. The lowest BCUT2D eigenvalue weighted by Gasteiger charge is -2.27. The monoisotopic (exact) mass is 309 g/mol. The van der Waals surface area contributed by atoms with Gasteiger partial charge in [0.05, 0.1) is 17.3 Å². The fraction of sp³-hybridized carbons (Fsp3) is 0.667. The van der Waals surface area contributed by atoms with Crippen molar-refractivity contribution in [2.24, 2.45) is 5.92 Å². The smallest absolute Gasteiger partial charge is 0.263 e. The van der Waals surface area contributed by atoms with Gasteiger partial charge in [0, 0.05) is 26.2 Å². The van der Waals surface area contributed by atoms with E-state index >= 15 is 0 Å². The summed E-state index contributed by atoms with van der Waals surface area (Å²) in [5, 5.41) is 4.05. The highest BCUT2D eigenvalue weighted by atomic mass is 32.1. The summed E-state index contributed by atoms with van der Waals surface area (Å²) in [4.78, 5) is 15.0. The largest absolute Gasteiger partial charge is 0.397 e. The third-order valence-electron chi connectivity index (χ3n) is 4.03. The van der Waals surface area contributed by atoms with E-state index in [9.17, 15) is 4.79 Å². The minimum absolute atomic E-state index is 0.0272. The van der Waals surface area contributed by atoms with Gasteiger partial charge in [0.25, 0.3) is 5.91 Å². The van der Waals surface area contributed by atoms with Gasteiger partial charge in [-0.15, -0.1) is 11.3 Å². The van der Waals surface area contributed by atoms with Crippen LogP contribution in [0.5, 0.6) is 0 Å². The summed E-state index contributed by atoms with van der Waals surface area (Å²) in [7, 11) is 2.06. The number of hydrogen-bond acceptors (Lipinski definition) is 5. The standard InChI is InChI=1S/C15H23N3O2S/c1-18(8-10-3-2-6-20-9-10)13-7-12(16)14(21-13)15(19)17-11-4-5-11/h7,10-11H,2-6,8-9,16H2,1H3,(H,17,19). The first kappa shape index (κ1) is 14.7. The van der Waals surface area contributed by atoms with E-state index < -0.39 is 0 Å². The average Bonchev–Trinajstić information content (AvgIpc) is 3.19. The Morgan fingerprint density at radius 1 is 1.52 bits per heavy atom. The molecule has 1 aliphatic heterocycles. The minimum atomic E-state index is -0.0272. The summed E-state index contributed by atoms with van der Waals surface area (Å²) >= 11 is 1.48. The second-order valence-corrected chi connectivity index (χ2v) is 7.11. The molecule has 0 radical (unpaired) electrons. The summed E-state index contributed by atoms with van der Waals surface area (Å²) in [6.07, 6.45) is 4.53. The second-order valence-electron chi connectivity index (χ2n) is 6.08. The van der Waals surface area contributed by atoms with Gasteiger partial charge in [0.15, 0.2) is 0 Å². The molecule has 1 aromatic rings. The first-order valence-corrected chi connectivity index (χ1v) is 8.44. The third-order valence-corrected chi connectivity index (χ3v) is 5.29. The number of nitrogens with two attached hydrogens (primary N) is 1. The number of nitrogens with one attached hydrogen (secondary N) is 1. The van der Waals surface area contributed by atoms with E-state index in [-0.39, 0.29) is 5.91 Å². The highest BCUT2D eigenvalue weighted by molar-refractivity contribution is 7.18. The molecule has 21 heavy (non-hydrogen) atoms. The van der Waals surface area contributed by atoms with Gasteiger partial charge in [-0.2, -0.15) is 0 Å². The summed E-state index contributed by atoms with van der Waals surface area (Å²) in [5.74, 6) is 0.538. The van der Waals surface area contributed by atoms with E-state index in [1.807, 2.05) is 6.07 Å². The van der Waals surface area contributed by atoms with Crippen molar-refractivity contribution < 1.29 is 9.53 Å². The van der Waals surface area contributed by atoms with Crippen LogP contribution < -0.4 is 16.0 Å². The average molecular weight is 309 g/mol. The summed E-state index contributed by atoms with van der Waals surface area (Å²) in [6.45, 7) is 2.67. The molecule has 2 fully saturated rings. The van der Waals surface area contributed by atoms with Crippen LogP contribution in [-0.2, 0) is 4.74 Å². The van der Waals surface area contributed by atoms with Crippen LogP contribution in [0.3, 0.4) is 0 Å². The lowest BCUT2D eigenvalue weighted by Crippen LogP contribution is -2.30. The van der Waals surface area contributed by atoms with Crippen molar-refractivity contribution in [2.75, 3.05) is 37.4 Å². The topological polar surface area (TPSA) is 67.6 Å². The van der Waals surface area contributed by atoms with Crippen LogP contribution in [0.15, 0.2) is 6.07 Å². The Labute approximate surface area is 129 Å². The lowest BCUT2D eigenvalue weighted by molar-refractivity contribution is 0.0577. The van der Waals surface area contributed by atoms with Crippen LogP contribution in [0.1, 0.15) is 35.4 Å². The molecule has 5 nitrogen and oxygen atoms in total. The first-order valence-electron chi connectivity index (χ1n) is 7.62. The molecule has 1 aromatic heterocycles. The third kappa shape index (κ3) is 3.68. The first-order chi connectivity index (χ1) is 10.1. The zero-order chi connectivity index (χ0) is 14.8. The number of ether oxygens (including phenoxy) is 1. The zero-order valence-corrected chi connectivity index (χ0v) is 13.2. The van der Waals surface area contributed by atoms with Crippen molar-refractivity contribution in [3.05, 3.63) is 10.9 Å². The molecule has 6 heteroatoms. The number of carbonyl (C=O) groups is 1. The van der Waals surface area contributed by atoms with E-state index in [4.69, 9.17) is 10.5 Å². The van der Waals surface area contributed by atoms with Gasteiger partial charge in [-0.05, 0) is 37.7 Å². The molecule has 3 N–H and O–H groups in total. The number of nitrogens with zero attached hydrogens (tertiary/aromatic N) is 1. The molecule has 1 atom stereocenters. The highest BCUT2D eigenvalue weighted by Gasteiger charge is 2.26. The van der Waals surface area contributed by atoms with E-state index in [0.717, 1.165) is 44.0 Å². The molecule has 3 rings (SSSR count). The lowest BCUT2D eigenvalue weighted by atomic mass is 10.0. The molecule has 116 valence electrons. The molecule has 2 aliphatic rings. The maximum atomic E-state index is 12.1. The summed E-state index contributed by atoms with van der Waals surface area (Å²) in [6, 6.07) is 2.27. The van der Waals surface area contributed by atoms with Crippen LogP contribution in [0.25, 0.3) is 0 Å². The Bertz CT molecular complexity index is 507. The summed E-state index contributed by atoms with van der Waals surface area (Å²) in [5.41, 5.74) is 6.59. The second kappa shape index (κ2) is 6.23. The molecular weight excluding hydrogens is 286 g/mol. The fourth-order valence-electron chi connectivity index (χ4n) is 2.66. The van der Waals surface area contributed by atoms with E-state index in [0.29, 0.717) is 22.5 Å². The normalized spacial score (nSPS) is 22.0. The van der Waals surface area contributed by atoms with E-state index in [2.05, 4.69) is 17.3 Å². The number of hydrogen-bond donors (Lipinski definition) is 2. The Morgan fingerprint density at radius 2 is 2.33 bits per heavy atom. The molecule has 1 amide bonds. The zero-order valence-electron chi connectivity index (χ0n) is 12.4. The number of thiophene rings is 1. The molecule has 1 saturated carbocycles. The van der Waals surface area contributed by atoms with E-state index in [1.54, 1.807) is 0 Å². The summed E-state index contributed by atoms with van der Waals surface area (Å²) < 4.78 is 5.52. The van der Waals surface area contributed by atoms with Crippen LogP contribution in [0, 0.1) is 5.92 Å². The maximum Gasteiger partial charge on any atom is 0.263 e. The molecule has 1 unspecified atom stereocenters. The van der Waals surface area contributed by atoms with Crippen molar-refractivity contribution in [2.45, 2.75) is 31.7 Å². The predicted octanol–water partition coefficient (Wildman–Crippen LogP) is 2.09. The molecule has 2 heterocycles. The van der Waals surface area contributed by atoms with Gasteiger partial charge < -0.3 is 20.7 Å². The van der Waals surface area contributed by atoms with Crippen LogP contribution in [-0.4, -0.2) is 38.8 Å². The van der Waals surface area contributed by atoms with Crippen molar-refractivity contribution in [1.29, 1.82) is 0 Å². The number of anilines is 2. The SMILES string of the molecule is CN(CC1CCCOC1)c1cc(N)c(C(=O)NC2CC2)s1. The predicted molar refractivity (Wildman–Crippen MR) is 86.0 cm³/mol. The number of carbonyl (C=O) groups excluding carboxylic acids is 1. The maximum absolute atomic E-state index is 12.1.